The lowest BCUT2D eigenvalue weighted by Crippen LogP contribution is -2.10. The van der Waals surface area contributed by atoms with Gasteiger partial charge in [0.1, 0.15) is 16.1 Å². The third kappa shape index (κ3) is 2.49. The first kappa shape index (κ1) is 14.6. The van der Waals surface area contributed by atoms with Gasteiger partial charge in [0.25, 0.3) is 0 Å². The molecule has 0 saturated carbocycles. The summed E-state index contributed by atoms with van der Waals surface area (Å²) in [5, 5.41) is 3.08. The summed E-state index contributed by atoms with van der Waals surface area (Å²) in [4.78, 5) is 10.0. The van der Waals surface area contributed by atoms with Gasteiger partial charge in [-0.1, -0.05) is 25.2 Å². The Labute approximate surface area is 130 Å². The van der Waals surface area contributed by atoms with Crippen LogP contribution in [-0.4, -0.2) is 31.7 Å². The van der Waals surface area contributed by atoms with Crippen molar-refractivity contribution in [1.29, 1.82) is 0 Å². The maximum Gasteiger partial charge on any atom is 0.210 e. The first-order chi connectivity index (χ1) is 10.0. The molecule has 7 heteroatoms. The molecule has 0 spiro atoms. The second kappa shape index (κ2) is 5.47. The van der Waals surface area contributed by atoms with Crippen molar-refractivity contribution >= 4 is 44.3 Å². The molecule has 0 aromatic carbocycles. The Balaban J connectivity index is 2.21. The first-order valence-electron chi connectivity index (χ1n) is 6.85. The van der Waals surface area contributed by atoms with Crippen LogP contribution in [0.25, 0.3) is 16.0 Å². The summed E-state index contributed by atoms with van der Waals surface area (Å²) in [6, 6.07) is 1.94. The fourth-order valence-electron chi connectivity index (χ4n) is 2.29. The number of rotatable bonds is 4. The van der Waals surface area contributed by atoms with Gasteiger partial charge in [-0.05, 0) is 24.0 Å². The summed E-state index contributed by atoms with van der Waals surface area (Å²) in [5.41, 5.74) is 2.73. The molecule has 0 aliphatic rings. The molecule has 1 atom stereocenters. The number of fused-ring (bicyclic) bond motifs is 3. The van der Waals surface area contributed by atoms with Crippen molar-refractivity contribution in [3.05, 3.63) is 18.0 Å². The third-order valence-electron chi connectivity index (χ3n) is 3.20. The van der Waals surface area contributed by atoms with E-state index >= 15 is 0 Å². The van der Waals surface area contributed by atoms with Crippen molar-refractivity contribution < 1.29 is 4.55 Å². The minimum absolute atomic E-state index is 0.409. The van der Waals surface area contributed by atoms with Crippen LogP contribution in [-0.2, 0) is 11.2 Å². The Kier molecular flexibility index (Phi) is 3.81. The molecular weight excluding hydrogens is 304 g/mol. The molecule has 5 nitrogen and oxygen atoms in total. The molecule has 0 radical (unpaired) electrons. The number of hydrogen-bond acceptors (Lipinski definition) is 5. The largest absolute Gasteiger partial charge is 0.611 e. The van der Waals surface area contributed by atoms with E-state index in [0.29, 0.717) is 11.7 Å². The van der Waals surface area contributed by atoms with Gasteiger partial charge in [-0.2, -0.15) is 0 Å². The predicted octanol–water partition coefficient (Wildman–Crippen LogP) is 3.06. The van der Waals surface area contributed by atoms with Crippen LogP contribution in [0.1, 0.15) is 19.5 Å². The van der Waals surface area contributed by atoms with Crippen LogP contribution >= 0.6 is 11.3 Å². The summed E-state index contributed by atoms with van der Waals surface area (Å²) < 4.78 is 15.4. The maximum atomic E-state index is 12.4. The number of anilines is 1. The lowest BCUT2D eigenvalue weighted by atomic mass is 10.3. The molecule has 0 saturated heterocycles. The van der Waals surface area contributed by atoms with E-state index in [1.54, 1.807) is 11.3 Å². The molecule has 3 aromatic rings. The van der Waals surface area contributed by atoms with Crippen LogP contribution < -0.4 is 5.32 Å². The van der Waals surface area contributed by atoms with Crippen LogP contribution in [0.4, 0.5) is 5.82 Å². The molecule has 3 rings (SSSR count). The molecule has 0 bridgehead atoms. The van der Waals surface area contributed by atoms with Gasteiger partial charge < -0.3 is 9.87 Å². The van der Waals surface area contributed by atoms with E-state index in [2.05, 4.69) is 33.5 Å². The van der Waals surface area contributed by atoms with Crippen LogP contribution in [0.2, 0.25) is 0 Å². The van der Waals surface area contributed by atoms with Gasteiger partial charge in [0.05, 0.1) is 0 Å². The van der Waals surface area contributed by atoms with Crippen LogP contribution in [0.15, 0.2) is 16.5 Å². The van der Waals surface area contributed by atoms with E-state index in [-0.39, 0.29) is 0 Å². The number of aromatic nitrogens is 3. The van der Waals surface area contributed by atoms with Crippen molar-refractivity contribution in [3.8, 4) is 0 Å². The number of hydrogen-bond donors (Lipinski definition) is 1. The molecule has 0 aliphatic carbocycles. The molecule has 1 N–H and O–H groups in total. The molecule has 0 amide bonds. The number of thiophene rings is 1. The Hall–Kier alpha value is -1.31. The number of nitrogens with zero attached hydrogens (tertiary/aromatic N) is 3. The molecule has 112 valence electrons. The highest BCUT2D eigenvalue weighted by molar-refractivity contribution is 7.93. The van der Waals surface area contributed by atoms with Crippen LogP contribution in [0.3, 0.4) is 0 Å². The molecule has 21 heavy (non-hydrogen) atoms. The van der Waals surface area contributed by atoms with E-state index in [4.69, 9.17) is 0 Å². The zero-order chi connectivity index (χ0) is 15.1. The van der Waals surface area contributed by atoms with Crippen molar-refractivity contribution in [2.75, 3.05) is 18.1 Å². The van der Waals surface area contributed by atoms with Gasteiger partial charge in [-0.3, -0.25) is 4.40 Å². The maximum absolute atomic E-state index is 12.4. The predicted molar refractivity (Wildman–Crippen MR) is 88.8 cm³/mol. The highest BCUT2D eigenvalue weighted by atomic mass is 32.2. The Morgan fingerprint density at radius 3 is 2.90 bits per heavy atom. The monoisotopic (exact) mass is 322 g/mol. The first-order valence-corrected chi connectivity index (χ1v) is 8.98. The zero-order valence-electron chi connectivity index (χ0n) is 12.5. The van der Waals surface area contributed by atoms with E-state index in [1.165, 1.54) is 0 Å². The summed E-state index contributed by atoms with van der Waals surface area (Å²) >= 11 is 0.580. The van der Waals surface area contributed by atoms with E-state index < -0.39 is 11.2 Å². The second-order valence-electron chi connectivity index (χ2n) is 5.43. The molecule has 3 aromatic heterocycles. The van der Waals surface area contributed by atoms with Crippen LogP contribution in [0, 0.1) is 12.8 Å². The normalized spacial score (nSPS) is 13.4. The summed E-state index contributed by atoms with van der Waals surface area (Å²) in [6.07, 6.45) is 1.84. The van der Waals surface area contributed by atoms with Gasteiger partial charge >= 0.3 is 0 Å². The van der Waals surface area contributed by atoms with Gasteiger partial charge in [-0.25, -0.2) is 9.97 Å². The minimum Gasteiger partial charge on any atom is -0.611 e. The van der Waals surface area contributed by atoms with Crippen molar-refractivity contribution in [1.82, 2.24) is 14.4 Å². The number of imidazole rings is 1. The van der Waals surface area contributed by atoms with Gasteiger partial charge in [-0.15, -0.1) is 0 Å². The Morgan fingerprint density at radius 2 is 2.24 bits per heavy atom. The number of aryl methyl sites for hydroxylation is 1. The third-order valence-corrected chi connectivity index (χ3v) is 6.45. The minimum atomic E-state index is -0.968. The fourth-order valence-corrected chi connectivity index (χ4v) is 5.00. The topological polar surface area (TPSA) is 65.3 Å². The molecule has 0 aliphatic heterocycles. The lowest BCUT2D eigenvalue weighted by Gasteiger charge is -2.09. The molecule has 1 unspecified atom stereocenters. The highest BCUT2D eigenvalue weighted by Gasteiger charge is 2.20. The smallest absolute Gasteiger partial charge is 0.210 e. The van der Waals surface area contributed by atoms with E-state index in [0.717, 1.165) is 31.7 Å². The SMILES string of the molecule is CNc1nc2cc([S+]([O-])CC(C)C)sc2n2c(C)cnc12. The van der Waals surface area contributed by atoms with E-state index in [9.17, 15) is 4.55 Å². The average molecular weight is 322 g/mol. The molecular formula is C14H18N4OS2. The lowest BCUT2D eigenvalue weighted by molar-refractivity contribution is 0.583. The summed E-state index contributed by atoms with van der Waals surface area (Å²) in [6.45, 7) is 6.19. The second-order valence-corrected chi connectivity index (χ2v) is 8.18. The quantitative estimate of drug-likeness (QED) is 0.750. The Morgan fingerprint density at radius 1 is 1.48 bits per heavy atom. The standard InChI is InChI=1S/C14H18N4OS2/c1-8(2)7-21(19)11-5-10-14(20-11)18-9(3)6-16-13(18)12(15-4)17-10/h5-6,8H,7H2,1-4H3,(H,15,17). The van der Waals surface area contributed by atoms with Crippen molar-refractivity contribution in [2.45, 2.75) is 25.0 Å². The van der Waals surface area contributed by atoms with Gasteiger partial charge in [0.2, 0.25) is 4.21 Å². The highest BCUT2D eigenvalue weighted by Crippen LogP contribution is 2.32. The van der Waals surface area contributed by atoms with Gasteiger partial charge in [0.15, 0.2) is 11.5 Å². The summed E-state index contributed by atoms with van der Waals surface area (Å²) in [7, 11) is 1.84. The summed E-state index contributed by atoms with van der Waals surface area (Å²) in [5.74, 6) is 1.83. The van der Waals surface area contributed by atoms with Crippen molar-refractivity contribution in [2.24, 2.45) is 5.92 Å². The van der Waals surface area contributed by atoms with Crippen LogP contribution in [0.5, 0.6) is 0 Å². The fraction of sp³-hybridized carbons (Fsp3) is 0.429. The zero-order valence-corrected chi connectivity index (χ0v) is 14.1. The molecule has 3 heterocycles. The van der Waals surface area contributed by atoms with Gasteiger partial charge in [0, 0.05) is 25.0 Å². The van der Waals surface area contributed by atoms with E-state index in [1.807, 2.05) is 26.2 Å². The van der Waals surface area contributed by atoms with Crippen molar-refractivity contribution in [3.63, 3.8) is 0 Å². The average Bonchev–Trinajstić information content (AvgIpc) is 3.00. The Bertz CT molecular complexity index is 793. The number of nitrogens with one attached hydrogen (secondary N) is 1. The molecule has 0 fully saturated rings.